The normalized spacial score (nSPS) is 17.8. The maximum Gasteiger partial charge on any atom is 0.264 e. The van der Waals surface area contributed by atoms with Crippen molar-refractivity contribution in [2.45, 2.75) is 25.3 Å². The molecule has 0 spiro atoms. The summed E-state index contributed by atoms with van der Waals surface area (Å²) < 4.78 is 0. The van der Waals surface area contributed by atoms with E-state index in [0.717, 1.165) is 12.8 Å². The summed E-state index contributed by atoms with van der Waals surface area (Å²) in [6.07, 6.45) is 3.99. The number of thiophene rings is 1. The third-order valence-electron chi connectivity index (χ3n) is 3.78. The van der Waals surface area contributed by atoms with Gasteiger partial charge in [-0.2, -0.15) is 0 Å². The lowest BCUT2D eigenvalue weighted by molar-refractivity contribution is -0.121. The molecular formula is C16H16ClN3O2S. The predicted molar refractivity (Wildman–Crippen MR) is 90.9 cm³/mol. The molecule has 1 fully saturated rings. The molecule has 0 bridgehead atoms. The first-order valence-electron chi connectivity index (χ1n) is 7.42. The van der Waals surface area contributed by atoms with Gasteiger partial charge in [0, 0.05) is 12.7 Å². The molecule has 0 saturated carbocycles. The zero-order chi connectivity index (χ0) is 16.2. The Bertz CT molecular complexity index is 688. The van der Waals surface area contributed by atoms with E-state index in [4.69, 9.17) is 11.6 Å². The van der Waals surface area contributed by atoms with Gasteiger partial charge in [-0.1, -0.05) is 17.7 Å². The summed E-state index contributed by atoms with van der Waals surface area (Å²) in [6, 6.07) is 6.48. The largest absolute Gasteiger partial charge is 0.326 e. The first-order chi connectivity index (χ1) is 11.1. The first kappa shape index (κ1) is 16.0. The zero-order valence-corrected chi connectivity index (χ0v) is 13.9. The number of amides is 2. The predicted octanol–water partition coefficient (Wildman–Crippen LogP) is 3.43. The van der Waals surface area contributed by atoms with Crippen LogP contribution in [0, 0.1) is 0 Å². The Kier molecular flexibility index (Phi) is 4.93. The van der Waals surface area contributed by atoms with Crippen molar-refractivity contribution in [3.8, 4) is 0 Å². The van der Waals surface area contributed by atoms with Gasteiger partial charge >= 0.3 is 0 Å². The van der Waals surface area contributed by atoms with E-state index in [1.165, 1.54) is 17.5 Å². The monoisotopic (exact) mass is 349 g/mol. The van der Waals surface area contributed by atoms with Crippen LogP contribution < -0.4 is 5.32 Å². The Hall–Kier alpha value is -1.92. The van der Waals surface area contributed by atoms with E-state index in [1.54, 1.807) is 23.1 Å². The van der Waals surface area contributed by atoms with Gasteiger partial charge in [0.2, 0.25) is 5.91 Å². The van der Waals surface area contributed by atoms with Crippen molar-refractivity contribution in [2.24, 2.45) is 0 Å². The van der Waals surface area contributed by atoms with Gasteiger partial charge in [-0.25, -0.2) is 4.98 Å². The topological polar surface area (TPSA) is 62.3 Å². The molecule has 1 saturated heterocycles. The van der Waals surface area contributed by atoms with Crippen LogP contribution >= 0.6 is 22.9 Å². The standard InChI is InChI=1S/C16H16ClN3O2S/c17-11-6-7-14(18-10-11)19-15(21)12-4-1-2-8-20(12)16(22)13-5-3-9-23-13/h3,5-7,9-10,12H,1-2,4,8H2,(H,18,19,21). The molecule has 5 nitrogen and oxygen atoms in total. The van der Waals surface area contributed by atoms with Crippen LogP contribution in [0.3, 0.4) is 0 Å². The van der Waals surface area contributed by atoms with Crippen LogP contribution in [0.15, 0.2) is 35.8 Å². The quantitative estimate of drug-likeness (QED) is 0.923. The van der Waals surface area contributed by atoms with E-state index in [0.29, 0.717) is 28.7 Å². The number of hydrogen-bond donors (Lipinski definition) is 1. The number of halogens is 1. The lowest BCUT2D eigenvalue weighted by atomic mass is 10.0. The molecule has 1 aliphatic heterocycles. The molecule has 3 heterocycles. The maximum atomic E-state index is 12.6. The lowest BCUT2D eigenvalue weighted by Crippen LogP contribution is -2.49. The molecule has 1 aliphatic rings. The number of piperidine rings is 1. The number of aromatic nitrogens is 1. The van der Waals surface area contributed by atoms with Gasteiger partial charge in [0.25, 0.3) is 5.91 Å². The van der Waals surface area contributed by atoms with Crippen molar-refractivity contribution in [3.05, 3.63) is 45.7 Å². The van der Waals surface area contributed by atoms with Crippen molar-refractivity contribution in [3.63, 3.8) is 0 Å². The Balaban J connectivity index is 1.74. The molecule has 2 aromatic heterocycles. The highest BCUT2D eigenvalue weighted by Gasteiger charge is 2.33. The summed E-state index contributed by atoms with van der Waals surface area (Å²) in [7, 11) is 0. The molecule has 3 rings (SSSR count). The number of nitrogens with one attached hydrogen (secondary N) is 1. The minimum atomic E-state index is -0.462. The van der Waals surface area contributed by atoms with Crippen LogP contribution in [0.5, 0.6) is 0 Å². The second-order valence-electron chi connectivity index (χ2n) is 5.34. The molecule has 120 valence electrons. The Morgan fingerprint density at radius 1 is 1.30 bits per heavy atom. The molecule has 7 heteroatoms. The Morgan fingerprint density at radius 3 is 2.87 bits per heavy atom. The number of carbonyl (C=O) groups is 2. The Labute approximate surface area is 143 Å². The number of nitrogens with zero attached hydrogens (tertiary/aromatic N) is 2. The highest BCUT2D eigenvalue weighted by atomic mass is 35.5. The van der Waals surface area contributed by atoms with Crippen LogP contribution in [-0.2, 0) is 4.79 Å². The van der Waals surface area contributed by atoms with Gasteiger partial charge < -0.3 is 10.2 Å². The van der Waals surface area contributed by atoms with Crippen LogP contribution in [-0.4, -0.2) is 34.3 Å². The number of pyridine rings is 1. The fourth-order valence-corrected chi connectivity index (χ4v) is 3.44. The van der Waals surface area contributed by atoms with E-state index in [-0.39, 0.29) is 11.8 Å². The number of anilines is 1. The molecule has 1 atom stereocenters. The number of likely N-dealkylation sites (tertiary alicyclic amines) is 1. The molecule has 1 unspecified atom stereocenters. The summed E-state index contributed by atoms with van der Waals surface area (Å²) in [4.78, 5) is 31.6. The van der Waals surface area contributed by atoms with Gasteiger partial charge in [-0.05, 0) is 42.8 Å². The molecule has 0 radical (unpaired) electrons. The molecule has 0 aromatic carbocycles. The summed E-state index contributed by atoms with van der Waals surface area (Å²) in [6.45, 7) is 0.600. The number of rotatable bonds is 3. The van der Waals surface area contributed by atoms with Crippen LogP contribution in [0.2, 0.25) is 5.02 Å². The average Bonchev–Trinajstić information content (AvgIpc) is 3.11. The van der Waals surface area contributed by atoms with E-state index < -0.39 is 6.04 Å². The van der Waals surface area contributed by atoms with E-state index >= 15 is 0 Å². The van der Waals surface area contributed by atoms with Crippen molar-refractivity contribution in [1.29, 1.82) is 0 Å². The molecule has 23 heavy (non-hydrogen) atoms. The van der Waals surface area contributed by atoms with E-state index in [1.807, 2.05) is 11.4 Å². The van der Waals surface area contributed by atoms with Crippen molar-refractivity contribution in [1.82, 2.24) is 9.88 Å². The summed E-state index contributed by atoms with van der Waals surface area (Å²) >= 11 is 7.19. The van der Waals surface area contributed by atoms with Gasteiger partial charge in [0.05, 0.1) is 9.90 Å². The number of hydrogen-bond acceptors (Lipinski definition) is 4. The third kappa shape index (κ3) is 3.71. The number of carbonyl (C=O) groups excluding carboxylic acids is 2. The maximum absolute atomic E-state index is 12.6. The highest BCUT2D eigenvalue weighted by molar-refractivity contribution is 7.12. The second-order valence-corrected chi connectivity index (χ2v) is 6.72. The van der Waals surface area contributed by atoms with Gasteiger partial charge in [0.1, 0.15) is 11.9 Å². The van der Waals surface area contributed by atoms with Crippen molar-refractivity contribution in [2.75, 3.05) is 11.9 Å². The van der Waals surface area contributed by atoms with Crippen molar-refractivity contribution < 1.29 is 9.59 Å². The van der Waals surface area contributed by atoms with Crippen LogP contribution in [0.4, 0.5) is 5.82 Å². The fourth-order valence-electron chi connectivity index (χ4n) is 2.65. The van der Waals surface area contributed by atoms with Crippen molar-refractivity contribution >= 4 is 40.6 Å². The lowest BCUT2D eigenvalue weighted by Gasteiger charge is -2.34. The smallest absolute Gasteiger partial charge is 0.264 e. The van der Waals surface area contributed by atoms with Gasteiger partial charge in [-0.15, -0.1) is 11.3 Å². The summed E-state index contributed by atoms with van der Waals surface area (Å²) in [5.41, 5.74) is 0. The molecule has 1 N–H and O–H groups in total. The minimum absolute atomic E-state index is 0.0797. The highest BCUT2D eigenvalue weighted by Crippen LogP contribution is 2.23. The zero-order valence-electron chi connectivity index (χ0n) is 12.4. The summed E-state index contributed by atoms with van der Waals surface area (Å²) in [5, 5.41) is 5.14. The summed E-state index contributed by atoms with van der Waals surface area (Å²) in [5.74, 6) is 0.154. The van der Waals surface area contributed by atoms with Gasteiger partial charge in [0.15, 0.2) is 0 Å². The SMILES string of the molecule is O=C(Nc1ccc(Cl)cn1)C1CCCCN1C(=O)c1cccs1. The average molecular weight is 350 g/mol. The molecule has 2 amide bonds. The minimum Gasteiger partial charge on any atom is -0.326 e. The van der Waals surface area contributed by atoms with Crippen LogP contribution in [0.1, 0.15) is 28.9 Å². The van der Waals surface area contributed by atoms with Gasteiger partial charge in [-0.3, -0.25) is 9.59 Å². The molecule has 0 aliphatic carbocycles. The fraction of sp³-hybridized carbons (Fsp3) is 0.312. The van der Waals surface area contributed by atoms with E-state index in [2.05, 4.69) is 10.3 Å². The van der Waals surface area contributed by atoms with E-state index in [9.17, 15) is 9.59 Å². The van der Waals surface area contributed by atoms with Crippen LogP contribution in [0.25, 0.3) is 0 Å². The molecule has 2 aromatic rings. The Morgan fingerprint density at radius 2 is 2.17 bits per heavy atom. The first-order valence-corrected chi connectivity index (χ1v) is 8.68. The second kappa shape index (κ2) is 7.10. The molecular weight excluding hydrogens is 334 g/mol. The third-order valence-corrected chi connectivity index (χ3v) is 4.86.